The van der Waals surface area contributed by atoms with Crippen molar-refractivity contribution in [3.8, 4) is 0 Å². The summed E-state index contributed by atoms with van der Waals surface area (Å²) in [5, 5.41) is 6.37. The molecule has 2 saturated heterocycles. The second-order valence-electron chi connectivity index (χ2n) is 7.32. The van der Waals surface area contributed by atoms with Crippen LogP contribution in [0, 0.1) is 5.92 Å². The predicted molar refractivity (Wildman–Crippen MR) is 94.7 cm³/mol. The molecule has 5 unspecified atom stereocenters. The summed E-state index contributed by atoms with van der Waals surface area (Å²) < 4.78 is 10.4. The van der Waals surface area contributed by atoms with E-state index in [1.54, 1.807) is 7.11 Å². The summed E-state index contributed by atoms with van der Waals surface area (Å²) in [5.41, 5.74) is 6.39. The van der Waals surface area contributed by atoms with E-state index in [1.807, 2.05) is 0 Å². The van der Waals surface area contributed by atoms with Crippen LogP contribution in [0.4, 0.5) is 0 Å². The zero-order valence-corrected chi connectivity index (χ0v) is 15.6. The molecule has 0 bridgehead atoms. The molecule has 1 saturated carbocycles. The Bertz CT molecular complexity index is 492. The van der Waals surface area contributed by atoms with Crippen molar-refractivity contribution in [3.63, 3.8) is 0 Å². The second kappa shape index (κ2) is 9.09. The highest BCUT2D eigenvalue weighted by atomic mass is 16.5. The lowest BCUT2D eigenvalue weighted by molar-refractivity contribution is -0.149. The van der Waals surface area contributed by atoms with Crippen LogP contribution in [0.15, 0.2) is 0 Å². The van der Waals surface area contributed by atoms with Crippen molar-refractivity contribution in [2.24, 2.45) is 5.92 Å². The molecule has 5 atom stereocenters. The van der Waals surface area contributed by atoms with Crippen LogP contribution >= 0.6 is 0 Å². The molecular formula is C17H31N5O4. The lowest BCUT2D eigenvalue weighted by Crippen LogP contribution is -2.63. The first-order valence-electron chi connectivity index (χ1n) is 9.49. The number of rotatable bonds is 5. The number of esters is 1. The maximum atomic E-state index is 12.7. The fourth-order valence-corrected chi connectivity index (χ4v) is 4.15. The number of hydrogen-bond donors (Lipinski definition) is 4. The summed E-state index contributed by atoms with van der Waals surface area (Å²) in [6, 6.07) is -0.556. The van der Waals surface area contributed by atoms with Gasteiger partial charge in [0.15, 0.2) is 0 Å². The Labute approximate surface area is 154 Å². The molecule has 9 nitrogen and oxygen atoms in total. The molecular weight excluding hydrogens is 338 g/mol. The summed E-state index contributed by atoms with van der Waals surface area (Å²) >= 11 is 0. The van der Waals surface area contributed by atoms with Crippen LogP contribution in [0.5, 0.6) is 0 Å². The van der Waals surface area contributed by atoms with Gasteiger partial charge >= 0.3 is 5.97 Å². The van der Waals surface area contributed by atoms with E-state index in [0.717, 1.165) is 39.0 Å². The van der Waals surface area contributed by atoms with Crippen molar-refractivity contribution in [3.05, 3.63) is 0 Å². The van der Waals surface area contributed by atoms with Crippen molar-refractivity contribution in [1.29, 1.82) is 0 Å². The molecule has 1 aliphatic carbocycles. The van der Waals surface area contributed by atoms with Crippen LogP contribution in [0.25, 0.3) is 0 Å². The molecule has 2 aliphatic heterocycles. The highest BCUT2D eigenvalue weighted by Gasteiger charge is 2.38. The van der Waals surface area contributed by atoms with Gasteiger partial charge in [0.2, 0.25) is 5.91 Å². The smallest absolute Gasteiger partial charge is 0.310 e. The fraction of sp³-hybridized carbons (Fsp3) is 0.882. The van der Waals surface area contributed by atoms with Gasteiger partial charge in [0, 0.05) is 32.9 Å². The monoisotopic (exact) mass is 369 g/mol. The predicted octanol–water partition coefficient (Wildman–Crippen LogP) is -1.10. The molecule has 0 spiro atoms. The van der Waals surface area contributed by atoms with Gasteiger partial charge in [0.1, 0.15) is 6.04 Å². The molecule has 148 valence electrons. The first kappa shape index (κ1) is 19.5. The van der Waals surface area contributed by atoms with E-state index in [4.69, 9.17) is 9.47 Å². The number of ether oxygens (including phenoxy) is 2. The van der Waals surface area contributed by atoms with Crippen LogP contribution < -0.4 is 21.5 Å². The average Bonchev–Trinajstić information content (AvgIpc) is 3.22. The molecule has 4 N–H and O–H groups in total. The Morgan fingerprint density at radius 2 is 1.96 bits per heavy atom. The minimum absolute atomic E-state index is 0.0608. The van der Waals surface area contributed by atoms with Crippen molar-refractivity contribution in [1.82, 2.24) is 26.4 Å². The van der Waals surface area contributed by atoms with Crippen LogP contribution in [0.3, 0.4) is 0 Å². The van der Waals surface area contributed by atoms with Gasteiger partial charge in [-0.15, -0.1) is 0 Å². The van der Waals surface area contributed by atoms with Gasteiger partial charge in [-0.2, -0.15) is 0 Å². The number of hydrogen-bond acceptors (Lipinski definition) is 8. The summed E-state index contributed by atoms with van der Waals surface area (Å²) in [5.74, 6) is -0.650. The molecule has 0 aromatic heterocycles. The summed E-state index contributed by atoms with van der Waals surface area (Å²) in [6.45, 7) is 2.88. The third-order valence-corrected chi connectivity index (χ3v) is 5.77. The van der Waals surface area contributed by atoms with Crippen molar-refractivity contribution >= 4 is 11.9 Å². The molecule has 2 heterocycles. The Morgan fingerprint density at radius 3 is 2.58 bits per heavy atom. The van der Waals surface area contributed by atoms with Crippen molar-refractivity contribution in [2.75, 3.05) is 34.0 Å². The van der Waals surface area contributed by atoms with Gasteiger partial charge in [-0.3, -0.25) is 14.5 Å². The Morgan fingerprint density at radius 1 is 1.12 bits per heavy atom. The molecule has 9 heteroatoms. The molecule has 26 heavy (non-hydrogen) atoms. The van der Waals surface area contributed by atoms with Gasteiger partial charge in [-0.05, 0) is 32.1 Å². The molecule has 0 aromatic carbocycles. The number of hydrazine groups is 1. The highest BCUT2D eigenvalue weighted by molar-refractivity contribution is 5.83. The van der Waals surface area contributed by atoms with Gasteiger partial charge in [0.05, 0.1) is 25.3 Å². The Hall–Kier alpha value is -1.26. The van der Waals surface area contributed by atoms with E-state index in [1.165, 1.54) is 7.11 Å². The maximum absolute atomic E-state index is 12.7. The Kier molecular flexibility index (Phi) is 6.82. The van der Waals surface area contributed by atoms with Crippen LogP contribution in [0.2, 0.25) is 0 Å². The van der Waals surface area contributed by atoms with Gasteiger partial charge in [-0.25, -0.2) is 10.9 Å². The summed E-state index contributed by atoms with van der Waals surface area (Å²) in [6.07, 6.45) is 4.05. The minimum Gasteiger partial charge on any atom is -0.469 e. The highest BCUT2D eigenvalue weighted by Crippen LogP contribution is 2.28. The number of nitrogens with zero attached hydrogens (tertiary/aromatic N) is 1. The van der Waals surface area contributed by atoms with E-state index in [9.17, 15) is 9.59 Å². The lowest BCUT2D eigenvalue weighted by Gasteiger charge is -2.38. The van der Waals surface area contributed by atoms with Gasteiger partial charge in [-0.1, -0.05) is 0 Å². The van der Waals surface area contributed by atoms with E-state index in [0.29, 0.717) is 12.8 Å². The summed E-state index contributed by atoms with van der Waals surface area (Å²) in [4.78, 5) is 27.1. The third-order valence-electron chi connectivity index (χ3n) is 5.77. The number of carbonyl (C=O) groups is 2. The van der Waals surface area contributed by atoms with Crippen LogP contribution in [-0.4, -0.2) is 75.1 Å². The van der Waals surface area contributed by atoms with E-state index in [2.05, 4.69) is 26.4 Å². The quantitative estimate of drug-likeness (QED) is 0.453. The molecule has 0 aromatic rings. The second-order valence-corrected chi connectivity index (χ2v) is 7.32. The SMILES string of the molecule is COC(=O)C1CCC(OC)CC1NC(=O)C1CCC(N2CCNC2)NN1. The topological polar surface area (TPSA) is 104 Å². The van der Waals surface area contributed by atoms with Gasteiger partial charge in [0.25, 0.3) is 0 Å². The van der Waals surface area contributed by atoms with E-state index >= 15 is 0 Å². The van der Waals surface area contributed by atoms with Crippen molar-refractivity contribution in [2.45, 2.75) is 56.5 Å². The molecule has 0 radical (unpaired) electrons. The fourth-order valence-electron chi connectivity index (χ4n) is 4.15. The number of carbonyl (C=O) groups excluding carboxylic acids is 2. The number of methoxy groups -OCH3 is 2. The maximum Gasteiger partial charge on any atom is 0.310 e. The molecule has 3 aliphatic rings. The van der Waals surface area contributed by atoms with E-state index < -0.39 is 0 Å². The van der Waals surface area contributed by atoms with E-state index in [-0.39, 0.29) is 42.1 Å². The minimum atomic E-state index is -0.310. The van der Waals surface area contributed by atoms with Crippen LogP contribution in [0.1, 0.15) is 32.1 Å². The van der Waals surface area contributed by atoms with Crippen LogP contribution in [-0.2, 0) is 19.1 Å². The average molecular weight is 369 g/mol. The first-order chi connectivity index (χ1) is 12.6. The lowest BCUT2D eigenvalue weighted by atomic mass is 9.82. The first-order valence-corrected chi connectivity index (χ1v) is 9.49. The van der Waals surface area contributed by atoms with Crippen molar-refractivity contribution < 1.29 is 19.1 Å². The standard InChI is InChI=1S/C17H31N5O4/c1-25-11-3-4-12(17(24)26-2)14(9-11)19-16(23)13-5-6-15(21-20-13)22-8-7-18-10-22/h11-15,18,20-21H,3-10H2,1-2H3,(H,19,23). The number of nitrogens with one attached hydrogen (secondary N) is 4. The molecule has 3 fully saturated rings. The molecule has 3 rings (SSSR count). The Balaban J connectivity index is 1.52. The largest absolute Gasteiger partial charge is 0.469 e. The third kappa shape index (κ3) is 4.52. The normalized spacial score (nSPS) is 35.8. The summed E-state index contributed by atoms with van der Waals surface area (Å²) in [7, 11) is 3.06. The number of amides is 1. The zero-order valence-electron chi connectivity index (χ0n) is 15.6. The molecule has 1 amide bonds. The van der Waals surface area contributed by atoms with Gasteiger partial charge < -0.3 is 20.1 Å². The zero-order chi connectivity index (χ0) is 18.5.